The van der Waals surface area contributed by atoms with E-state index in [9.17, 15) is 4.39 Å². The monoisotopic (exact) mass is 281 g/mol. The predicted molar refractivity (Wildman–Crippen MR) is 72.3 cm³/mol. The van der Waals surface area contributed by atoms with Crippen molar-refractivity contribution >= 4 is 35.2 Å². The number of hydrogen-bond donors (Lipinski definition) is 2. The molecule has 0 aromatic heterocycles. The molecular weight excluding hydrogens is 273 g/mol. The minimum atomic E-state index is -0.436. The first-order valence-electron chi connectivity index (χ1n) is 5.38. The summed E-state index contributed by atoms with van der Waals surface area (Å²) in [5.41, 5.74) is 0.369. The summed E-state index contributed by atoms with van der Waals surface area (Å²) >= 11 is 7.04. The second kappa shape index (κ2) is 4.08. The van der Waals surface area contributed by atoms with Crippen molar-refractivity contribution in [3.8, 4) is 12.3 Å². The van der Waals surface area contributed by atoms with Gasteiger partial charge in [0.25, 0.3) is 0 Å². The van der Waals surface area contributed by atoms with Crippen molar-refractivity contribution < 1.29 is 4.39 Å². The number of terminal acetylenes is 1. The van der Waals surface area contributed by atoms with E-state index in [1.165, 1.54) is 18.0 Å². The van der Waals surface area contributed by atoms with E-state index in [0.29, 0.717) is 5.96 Å². The number of nitrogens with zero attached hydrogens (tertiary/aromatic N) is 1. The molecule has 0 radical (unpaired) electrons. The molecule has 3 rings (SSSR count). The van der Waals surface area contributed by atoms with Crippen LogP contribution in [-0.4, -0.2) is 11.5 Å². The van der Waals surface area contributed by atoms with E-state index < -0.39 is 5.82 Å². The molecule has 0 spiro atoms. The lowest BCUT2D eigenvalue weighted by molar-refractivity contribution is 0.625. The molecule has 1 aliphatic carbocycles. The van der Waals surface area contributed by atoms with Crippen LogP contribution in [0.4, 0.5) is 10.1 Å². The topological polar surface area (TPSA) is 36.4 Å². The molecule has 92 valence electrons. The zero-order valence-electron chi connectivity index (χ0n) is 9.26. The molecular formula is C12H9ClFN3S. The van der Waals surface area contributed by atoms with Gasteiger partial charge in [-0.2, -0.15) is 0 Å². The third-order valence-electron chi connectivity index (χ3n) is 2.85. The Labute approximate surface area is 113 Å². The first-order chi connectivity index (χ1) is 8.62. The minimum absolute atomic E-state index is 0.0844. The summed E-state index contributed by atoms with van der Waals surface area (Å²) in [6.07, 6.45) is 7.24. The summed E-state index contributed by atoms with van der Waals surface area (Å²) < 4.78 is 16.3. The van der Waals surface area contributed by atoms with Crippen LogP contribution in [0.2, 0.25) is 5.02 Å². The summed E-state index contributed by atoms with van der Waals surface area (Å²) in [6, 6.07) is 2.93. The number of guanidine groups is 1. The van der Waals surface area contributed by atoms with Gasteiger partial charge in [0.2, 0.25) is 5.96 Å². The third kappa shape index (κ3) is 2.02. The third-order valence-corrected chi connectivity index (χ3v) is 3.99. The fourth-order valence-corrected chi connectivity index (χ4v) is 2.49. The number of hydrogen-bond acceptors (Lipinski definition) is 2. The lowest BCUT2D eigenvalue weighted by atomic mass is 10.3. The first kappa shape index (κ1) is 11.7. The van der Waals surface area contributed by atoms with Gasteiger partial charge in [0, 0.05) is 0 Å². The smallest absolute Gasteiger partial charge is 0.207 e. The lowest BCUT2D eigenvalue weighted by Gasteiger charge is -2.21. The normalized spacial score (nSPS) is 21.5. The molecule has 1 aromatic rings. The van der Waals surface area contributed by atoms with Crippen LogP contribution in [0.25, 0.3) is 0 Å². The molecule has 3 nitrogen and oxygen atoms in total. The van der Waals surface area contributed by atoms with Crippen molar-refractivity contribution in [2.45, 2.75) is 23.3 Å². The van der Waals surface area contributed by atoms with Crippen LogP contribution < -0.4 is 10.0 Å². The molecule has 0 atom stereocenters. The quantitative estimate of drug-likeness (QED) is 0.614. The van der Waals surface area contributed by atoms with Gasteiger partial charge in [-0.05, 0) is 36.9 Å². The van der Waals surface area contributed by atoms with Gasteiger partial charge in [0.15, 0.2) is 0 Å². The Bertz CT molecular complexity index is 590. The average molecular weight is 282 g/mol. The van der Waals surface area contributed by atoms with E-state index in [1.807, 2.05) is 0 Å². The van der Waals surface area contributed by atoms with Crippen molar-refractivity contribution in [3.63, 3.8) is 0 Å². The van der Waals surface area contributed by atoms with E-state index in [2.05, 4.69) is 21.0 Å². The van der Waals surface area contributed by atoms with Crippen molar-refractivity contribution in [3.05, 3.63) is 23.0 Å². The molecule has 18 heavy (non-hydrogen) atoms. The average Bonchev–Trinajstić information content (AvgIpc) is 3.12. The van der Waals surface area contributed by atoms with Gasteiger partial charge in [0.1, 0.15) is 11.4 Å². The zero-order valence-corrected chi connectivity index (χ0v) is 10.8. The molecule has 6 heteroatoms. The Morgan fingerprint density at radius 3 is 2.94 bits per heavy atom. The van der Waals surface area contributed by atoms with Crippen molar-refractivity contribution in [1.29, 1.82) is 0 Å². The predicted octanol–water partition coefficient (Wildman–Crippen LogP) is 3.02. The minimum Gasteiger partial charge on any atom is -0.324 e. The number of benzene rings is 1. The summed E-state index contributed by atoms with van der Waals surface area (Å²) in [4.78, 5) is 5.19. The zero-order chi connectivity index (χ0) is 12.8. The second-order valence-corrected chi connectivity index (χ2v) is 5.48. The molecule has 2 N–H and O–H groups in total. The molecule has 0 unspecified atom stereocenters. The van der Waals surface area contributed by atoms with Crippen LogP contribution in [0.5, 0.6) is 0 Å². The van der Waals surface area contributed by atoms with Crippen molar-refractivity contribution in [1.82, 2.24) is 4.72 Å². The number of fused-ring (bicyclic) bond motifs is 1. The van der Waals surface area contributed by atoms with Gasteiger partial charge < -0.3 is 5.32 Å². The van der Waals surface area contributed by atoms with Crippen LogP contribution in [0.15, 0.2) is 22.0 Å². The van der Waals surface area contributed by atoms with Crippen molar-refractivity contribution in [2.75, 3.05) is 5.32 Å². The molecule has 1 aliphatic heterocycles. The molecule has 0 bridgehead atoms. The highest BCUT2D eigenvalue weighted by atomic mass is 35.5. The highest BCUT2D eigenvalue weighted by molar-refractivity contribution is 7.98. The Balaban J connectivity index is 1.90. The van der Waals surface area contributed by atoms with Crippen LogP contribution in [0, 0.1) is 18.2 Å². The van der Waals surface area contributed by atoms with Crippen LogP contribution >= 0.6 is 23.5 Å². The number of halogens is 2. The highest BCUT2D eigenvalue weighted by Gasteiger charge is 2.41. The van der Waals surface area contributed by atoms with Crippen LogP contribution in [0.1, 0.15) is 12.8 Å². The van der Waals surface area contributed by atoms with E-state index in [4.69, 9.17) is 18.0 Å². The van der Waals surface area contributed by atoms with E-state index in [-0.39, 0.29) is 10.6 Å². The summed E-state index contributed by atoms with van der Waals surface area (Å²) in [5, 5.41) is 3.15. The number of aliphatic imine (C=N–C) groups is 1. The van der Waals surface area contributed by atoms with Gasteiger partial charge in [-0.15, -0.1) is 6.42 Å². The van der Waals surface area contributed by atoms with Gasteiger partial charge >= 0.3 is 0 Å². The molecule has 1 saturated carbocycles. The first-order valence-corrected chi connectivity index (χ1v) is 6.58. The largest absolute Gasteiger partial charge is 0.324 e. The fourth-order valence-electron chi connectivity index (χ4n) is 1.64. The summed E-state index contributed by atoms with van der Waals surface area (Å²) in [7, 11) is 0. The Kier molecular flexibility index (Phi) is 2.65. The summed E-state index contributed by atoms with van der Waals surface area (Å²) in [6.45, 7) is 0. The van der Waals surface area contributed by atoms with Gasteiger partial charge in [-0.3, -0.25) is 4.72 Å². The van der Waals surface area contributed by atoms with E-state index in [1.54, 1.807) is 6.07 Å². The molecule has 1 fully saturated rings. The van der Waals surface area contributed by atoms with E-state index in [0.717, 1.165) is 23.4 Å². The Morgan fingerprint density at radius 2 is 2.28 bits per heavy atom. The number of nitrogens with one attached hydrogen (secondary N) is 2. The lowest BCUT2D eigenvalue weighted by Crippen LogP contribution is -2.31. The van der Waals surface area contributed by atoms with Gasteiger partial charge in [-0.1, -0.05) is 17.5 Å². The van der Waals surface area contributed by atoms with Crippen LogP contribution in [-0.2, 0) is 0 Å². The maximum absolute atomic E-state index is 13.3. The fraction of sp³-hybridized carbons (Fsp3) is 0.250. The van der Waals surface area contributed by atoms with Crippen molar-refractivity contribution in [2.24, 2.45) is 4.99 Å². The maximum atomic E-state index is 13.3. The van der Waals surface area contributed by atoms with Crippen LogP contribution in [0.3, 0.4) is 0 Å². The Morgan fingerprint density at radius 1 is 1.50 bits per heavy atom. The standard InChI is InChI=1S/C12H9ClFN3S/c1-2-12(3-4-12)16-11-15-9-5-7(13)8(14)6-10(9)18-17-11/h1,5-6H,3-4H2,(H2,15,16,17). The second-order valence-electron chi connectivity index (χ2n) is 4.23. The molecule has 0 amide bonds. The highest BCUT2D eigenvalue weighted by Crippen LogP contribution is 2.40. The molecule has 0 saturated heterocycles. The molecule has 1 heterocycles. The summed E-state index contributed by atoms with van der Waals surface area (Å²) in [5.74, 6) is 2.83. The number of rotatable bonds is 1. The Hall–Kier alpha value is -1.38. The molecule has 2 aliphatic rings. The molecule has 1 aromatic carbocycles. The SMILES string of the molecule is C#CC1(N=C2NSc3cc(F)c(Cl)cc3N2)CC1. The maximum Gasteiger partial charge on any atom is 0.207 e. The van der Waals surface area contributed by atoms with Gasteiger partial charge in [0.05, 0.1) is 15.6 Å². The number of anilines is 1. The van der Waals surface area contributed by atoms with E-state index >= 15 is 0 Å². The van der Waals surface area contributed by atoms with Gasteiger partial charge in [-0.25, -0.2) is 9.38 Å².